The van der Waals surface area contributed by atoms with E-state index in [9.17, 15) is 31.2 Å². The van der Waals surface area contributed by atoms with E-state index >= 15 is 0 Å². The molecule has 0 unspecified atom stereocenters. The number of rotatable bonds is 7. The van der Waals surface area contributed by atoms with Crippen molar-refractivity contribution in [1.29, 1.82) is 0 Å². The molecular formula is C27H28ClF3N8O4S. The second-order valence-electron chi connectivity index (χ2n) is 10.7. The van der Waals surface area contributed by atoms with Crippen LogP contribution in [0.1, 0.15) is 45.8 Å². The zero-order chi connectivity index (χ0) is 32.1. The number of aromatic nitrogens is 5. The summed E-state index contributed by atoms with van der Waals surface area (Å²) in [7, 11) is -2.30. The number of halogens is 4. The molecule has 0 saturated heterocycles. The van der Waals surface area contributed by atoms with Crippen LogP contribution in [0, 0.1) is 6.92 Å². The Morgan fingerprint density at radius 3 is 2.61 bits per heavy atom. The van der Waals surface area contributed by atoms with Crippen molar-refractivity contribution >= 4 is 50.1 Å². The molecule has 0 fully saturated rings. The number of carbonyl (C=O) groups excluding carboxylic acids is 1. The minimum atomic E-state index is -4.41. The van der Waals surface area contributed by atoms with Crippen LogP contribution in [0.3, 0.4) is 0 Å². The summed E-state index contributed by atoms with van der Waals surface area (Å²) < 4.78 is 66.3. The van der Waals surface area contributed by atoms with Crippen LogP contribution in [0.4, 0.5) is 24.8 Å². The highest BCUT2D eigenvalue weighted by atomic mass is 35.5. The lowest BCUT2D eigenvalue weighted by Gasteiger charge is -2.29. The van der Waals surface area contributed by atoms with Crippen molar-refractivity contribution in [2.75, 3.05) is 23.0 Å². The number of amides is 1. The molecule has 17 heteroatoms. The summed E-state index contributed by atoms with van der Waals surface area (Å²) >= 11 is 5.99. The highest BCUT2D eigenvalue weighted by Gasteiger charge is 2.31. The third-order valence-corrected chi connectivity index (χ3v) is 7.83. The highest BCUT2D eigenvalue weighted by molar-refractivity contribution is 7.89. The van der Waals surface area contributed by atoms with Gasteiger partial charge >= 0.3 is 6.18 Å². The van der Waals surface area contributed by atoms with E-state index in [1.807, 2.05) is 17.7 Å². The first-order chi connectivity index (χ1) is 20.5. The standard InChI is InChI=1S/C27H28ClF3N8O4S/c1-14-9-17(15(2)32-19-5-6-21(28)33-23(19)24(40)36-44(4,42)43)22-18(10-14)25(41)37(3)26(34-22)38-8-7-16-11-39(13-27(29,30)31)35-20(16)12-38/h5-6,9-11,15,32H,7-8,12-13H2,1-4H3,(H,36,40)/t15-/m1/s1. The minimum Gasteiger partial charge on any atom is -0.377 e. The fourth-order valence-electron chi connectivity index (χ4n) is 5.20. The summed E-state index contributed by atoms with van der Waals surface area (Å²) in [6, 6.07) is 5.91. The van der Waals surface area contributed by atoms with E-state index < -0.39 is 34.7 Å². The summed E-state index contributed by atoms with van der Waals surface area (Å²) in [6.45, 7) is 2.97. The van der Waals surface area contributed by atoms with Crippen LogP contribution in [0.25, 0.3) is 10.9 Å². The fraction of sp³-hybridized carbons (Fsp3) is 0.370. The lowest BCUT2D eigenvalue weighted by molar-refractivity contribution is -0.142. The van der Waals surface area contributed by atoms with Crippen LogP contribution < -0.4 is 20.5 Å². The molecule has 0 spiro atoms. The van der Waals surface area contributed by atoms with Gasteiger partial charge in [-0.1, -0.05) is 17.7 Å². The van der Waals surface area contributed by atoms with Crippen molar-refractivity contribution in [2.24, 2.45) is 7.05 Å². The van der Waals surface area contributed by atoms with Gasteiger partial charge in [-0.15, -0.1) is 0 Å². The summed E-state index contributed by atoms with van der Waals surface area (Å²) in [5.41, 5.74) is 2.57. The second-order valence-corrected chi connectivity index (χ2v) is 12.8. The first kappa shape index (κ1) is 31.3. The predicted octanol–water partition coefficient (Wildman–Crippen LogP) is 3.47. The largest absolute Gasteiger partial charge is 0.408 e. The number of anilines is 2. The smallest absolute Gasteiger partial charge is 0.377 e. The molecule has 2 N–H and O–H groups in total. The second kappa shape index (κ2) is 11.4. The van der Waals surface area contributed by atoms with Crippen LogP contribution in [-0.4, -0.2) is 57.6 Å². The maximum atomic E-state index is 13.6. The quantitative estimate of drug-likeness (QED) is 0.287. The van der Waals surface area contributed by atoms with Crippen molar-refractivity contribution in [3.05, 3.63) is 74.0 Å². The number of pyridine rings is 1. The van der Waals surface area contributed by atoms with E-state index in [1.54, 1.807) is 24.9 Å². The maximum absolute atomic E-state index is 13.6. The average Bonchev–Trinajstić information content (AvgIpc) is 3.30. The molecule has 12 nitrogen and oxygen atoms in total. The van der Waals surface area contributed by atoms with E-state index in [2.05, 4.69) is 15.4 Å². The van der Waals surface area contributed by atoms with Crippen molar-refractivity contribution in [3.63, 3.8) is 0 Å². The summed E-state index contributed by atoms with van der Waals surface area (Å²) in [6.07, 6.45) is -1.75. The average molecular weight is 653 g/mol. The number of benzene rings is 1. The molecule has 1 amide bonds. The molecular weight excluding hydrogens is 625 g/mol. The van der Waals surface area contributed by atoms with Gasteiger partial charge in [0.1, 0.15) is 11.7 Å². The number of alkyl halides is 3. The Kier molecular flexibility index (Phi) is 8.09. The molecule has 1 atom stereocenters. The van der Waals surface area contributed by atoms with Crippen LogP contribution in [-0.2, 0) is 36.6 Å². The first-order valence-corrected chi connectivity index (χ1v) is 15.6. The molecule has 1 aromatic carbocycles. The molecule has 4 heterocycles. The van der Waals surface area contributed by atoms with Crippen LogP contribution in [0.15, 0.2) is 35.3 Å². The van der Waals surface area contributed by atoms with Gasteiger partial charge < -0.3 is 10.2 Å². The van der Waals surface area contributed by atoms with Crippen LogP contribution >= 0.6 is 11.6 Å². The van der Waals surface area contributed by atoms with Crippen LogP contribution in [0.5, 0.6) is 0 Å². The van der Waals surface area contributed by atoms with E-state index in [1.165, 1.54) is 22.9 Å². The molecule has 3 aromatic heterocycles. The SMILES string of the molecule is Cc1cc([C@@H](C)Nc2ccc(Cl)nc2C(=O)NS(C)(=O)=O)c2nc(N3CCc4cn(CC(F)(F)F)nc4C3)n(C)c(=O)c2c1. The Hall–Kier alpha value is -4.18. The number of hydrogen-bond acceptors (Lipinski definition) is 9. The summed E-state index contributed by atoms with van der Waals surface area (Å²) in [4.78, 5) is 37.0. The third-order valence-electron chi connectivity index (χ3n) is 7.06. The van der Waals surface area contributed by atoms with E-state index in [0.717, 1.165) is 16.5 Å². The first-order valence-electron chi connectivity index (χ1n) is 13.3. The summed E-state index contributed by atoms with van der Waals surface area (Å²) in [5.74, 6) is -0.660. The van der Waals surface area contributed by atoms with Crippen molar-refractivity contribution in [2.45, 2.75) is 45.6 Å². The van der Waals surface area contributed by atoms with Gasteiger partial charge in [-0.05, 0) is 49.6 Å². The van der Waals surface area contributed by atoms with Gasteiger partial charge in [0, 0.05) is 25.4 Å². The van der Waals surface area contributed by atoms with E-state index in [0.29, 0.717) is 46.6 Å². The number of hydrogen-bond donors (Lipinski definition) is 2. The normalized spacial score (nSPS) is 14.4. The Labute approximate surface area is 254 Å². The number of carbonyl (C=O) groups is 1. The third kappa shape index (κ3) is 6.65. The van der Waals surface area contributed by atoms with Gasteiger partial charge in [0.05, 0.1) is 41.1 Å². The zero-order valence-corrected chi connectivity index (χ0v) is 25.6. The number of nitrogens with zero attached hydrogens (tertiary/aromatic N) is 6. The van der Waals surface area contributed by atoms with Gasteiger partial charge in [0.15, 0.2) is 5.69 Å². The molecule has 5 rings (SSSR count). The van der Waals surface area contributed by atoms with E-state index in [-0.39, 0.29) is 28.6 Å². The molecule has 0 saturated carbocycles. The highest BCUT2D eigenvalue weighted by Crippen LogP contribution is 2.30. The Bertz CT molecular complexity index is 1960. The molecule has 1 aliphatic heterocycles. The topological polar surface area (TPSA) is 144 Å². The van der Waals surface area contributed by atoms with Gasteiger partial charge in [0.2, 0.25) is 16.0 Å². The van der Waals surface area contributed by atoms with Gasteiger partial charge in [-0.2, -0.15) is 18.3 Å². The Morgan fingerprint density at radius 2 is 1.93 bits per heavy atom. The number of aryl methyl sites for hydroxylation is 1. The molecule has 0 radical (unpaired) electrons. The fourth-order valence-corrected chi connectivity index (χ4v) is 5.78. The van der Waals surface area contributed by atoms with Gasteiger partial charge in [0.25, 0.3) is 11.5 Å². The van der Waals surface area contributed by atoms with Gasteiger partial charge in [-0.3, -0.25) is 18.8 Å². The van der Waals surface area contributed by atoms with Crippen molar-refractivity contribution in [1.82, 2.24) is 29.0 Å². The van der Waals surface area contributed by atoms with E-state index in [4.69, 9.17) is 16.6 Å². The molecule has 234 valence electrons. The molecule has 44 heavy (non-hydrogen) atoms. The molecule has 4 aromatic rings. The van der Waals surface area contributed by atoms with Crippen LogP contribution in [0.2, 0.25) is 5.15 Å². The maximum Gasteiger partial charge on any atom is 0.408 e. The number of sulfonamides is 1. The summed E-state index contributed by atoms with van der Waals surface area (Å²) in [5, 5.41) is 7.61. The number of nitrogens with one attached hydrogen (secondary N) is 2. The van der Waals surface area contributed by atoms with Crippen molar-refractivity contribution < 1.29 is 26.4 Å². The zero-order valence-electron chi connectivity index (χ0n) is 24.0. The molecule has 0 aliphatic carbocycles. The minimum absolute atomic E-state index is 0.0226. The molecule has 1 aliphatic rings. The molecule has 0 bridgehead atoms. The lowest BCUT2D eigenvalue weighted by atomic mass is 10.0. The predicted molar refractivity (Wildman–Crippen MR) is 158 cm³/mol. The Balaban J connectivity index is 1.52. The van der Waals surface area contributed by atoms with Crippen molar-refractivity contribution in [3.8, 4) is 0 Å². The van der Waals surface area contributed by atoms with Gasteiger partial charge in [-0.25, -0.2) is 23.1 Å². The monoisotopic (exact) mass is 652 g/mol. The number of fused-ring (bicyclic) bond motifs is 2. The lowest BCUT2D eigenvalue weighted by Crippen LogP contribution is -2.36. The Morgan fingerprint density at radius 1 is 1.20 bits per heavy atom.